The van der Waals surface area contributed by atoms with Gasteiger partial charge >= 0.3 is 5.97 Å². The highest BCUT2D eigenvalue weighted by Gasteiger charge is 2.51. The summed E-state index contributed by atoms with van der Waals surface area (Å²) in [6.07, 6.45) is 2.30. The van der Waals surface area contributed by atoms with E-state index in [0.717, 1.165) is 47.7 Å². The van der Waals surface area contributed by atoms with Crippen LogP contribution in [0.2, 0.25) is 0 Å². The van der Waals surface area contributed by atoms with Crippen LogP contribution in [0.15, 0.2) is 42.5 Å². The molecule has 0 radical (unpaired) electrons. The molecule has 0 saturated heterocycles. The molecule has 1 heterocycles. The average Bonchev–Trinajstić information content (AvgIpc) is 3.41. The molecule has 0 aromatic heterocycles. The number of quaternary nitrogens is 1. The zero-order valence-electron chi connectivity index (χ0n) is 15.5. The quantitative estimate of drug-likeness (QED) is 0.818. The molecule has 27 heavy (non-hydrogen) atoms. The van der Waals surface area contributed by atoms with E-state index in [1.165, 1.54) is 11.1 Å². The van der Waals surface area contributed by atoms with Gasteiger partial charge in [-0.15, -0.1) is 0 Å². The van der Waals surface area contributed by atoms with Crippen molar-refractivity contribution in [3.8, 4) is 17.6 Å². The number of hydrogen-bond acceptors (Lipinski definition) is 2. The van der Waals surface area contributed by atoms with Crippen LogP contribution in [0.25, 0.3) is 0 Å². The van der Waals surface area contributed by atoms with Gasteiger partial charge in [0.15, 0.2) is 6.54 Å². The van der Waals surface area contributed by atoms with Crippen molar-refractivity contribution in [2.45, 2.75) is 31.7 Å². The highest BCUT2D eigenvalue weighted by atomic mass is 16.5. The van der Waals surface area contributed by atoms with E-state index >= 15 is 0 Å². The van der Waals surface area contributed by atoms with Gasteiger partial charge in [0.25, 0.3) is 0 Å². The van der Waals surface area contributed by atoms with Crippen LogP contribution in [0, 0.1) is 11.8 Å². The minimum absolute atomic E-state index is 0.176. The predicted molar refractivity (Wildman–Crippen MR) is 103 cm³/mol. The van der Waals surface area contributed by atoms with Gasteiger partial charge in [-0.1, -0.05) is 17.9 Å². The lowest BCUT2D eigenvalue weighted by atomic mass is 9.86. The summed E-state index contributed by atoms with van der Waals surface area (Å²) >= 11 is 0. The minimum Gasteiger partial charge on any atom is -0.494 e. The number of fused-ring (bicyclic) bond motifs is 2. The standard InChI is InChI=1S/C23H23NO3/c1-2-27-20-9-6-17(7-10-20)3-4-18-5-8-19-14-24(15-22(25)26)16-23(11-12-23)21(19)13-18/h5-10,13H,2,11-12,14-16H2,1H3,(H,25,26)/p+1. The molecule has 4 nitrogen and oxygen atoms in total. The van der Waals surface area contributed by atoms with Crippen LogP contribution in [0.5, 0.6) is 5.75 Å². The number of rotatable bonds is 4. The van der Waals surface area contributed by atoms with E-state index in [2.05, 4.69) is 30.0 Å². The van der Waals surface area contributed by atoms with E-state index in [1.807, 2.05) is 31.2 Å². The van der Waals surface area contributed by atoms with Crippen LogP contribution >= 0.6 is 0 Å². The van der Waals surface area contributed by atoms with E-state index in [9.17, 15) is 4.79 Å². The topological polar surface area (TPSA) is 51.0 Å². The fourth-order valence-electron chi connectivity index (χ4n) is 4.09. The van der Waals surface area contributed by atoms with Crippen LogP contribution in [-0.4, -0.2) is 30.8 Å². The Labute approximate surface area is 159 Å². The molecule has 1 spiro atoms. The highest BCUT2D eigenvalue weighted by molar-refractivity contribution is 5.67. The van der Waals surface area contributed by atoms with Crippen molar-refractivity contribution in [1.82, 2.24) is 0 Å². The molecular formula is C23H24NO3+. The van der Waals surface area contributed by atoms with Gasteiger partial charge in [0.1, 0.15) is 12.3 Å². The highest BCUT2D eigenvalue weighted by Crippen LogP contribution is 2.49. The largest absolute Gasteiger partial charge is 0.494 e. The summed E-state index contributed by atoms with van der Waals surface area (Å²) in [7, 11) is 0. The Balaban J connectivity index is 1.55. The lowest BCUT2D eigenvalue weighted by molar-refractivity contribution is -0.911. The number of carboxylic acids is 1. The molecule has 4 rings (SSSR count). The van der Waals surface area contributed by atoms with Crippen molar-refractivity contribution in [2.75, 3.05) is 19.7 Å². The van der Waals surface area contributed by atoms with Crippen molar-refractivity contribution in [3.63, 3.8) is 0 Å². The Bertz CT molecular complexity index is 917. The first-order chi connectivity index (χ1) is 13.1. The van der Waals surface area contributed by atoms with Crippen LogP contribution in [0.4, 0.5) is 0 Å². The summed E-state index contributed by atoms with van der Waals surface area (Å²) in [5.41, 5.74) is 4.83. The first-order valence-corrected chi connectivity index (χ1v) is 9.52. The third-order valence-electron chi connectivity index (χ3n) is 5.48. The predicted octanol–water partition coefficient (Wildman–Crippen LogP) is 2.00. The smallest absolute Gasteiger partial charge is 0.359 e. The molecule has 2 aliphatic rings. The number of aliphatic carboxylic acids is 1. The molecule has 2 aromatic rings. The molecule has 4 heteroatoms. The Morgan fingerprint density at radius 3 is 2.52 bits per heavy atom. The molecular weight excluding hydrogens is 338 g/mol. The van der Waals surface area contributed by atoms with Gasteiger partial charge in [-0.25, -0.2) is 4.79 Å². The molecule has 2 N–H and O–H groups in total. The van der Waals surface area contributed by atoms with Crippen molar-refractivity contribution < 1.29 is 19.5 Å². The first-order valence-electron chi connectivity index (χ1n) is 9.52. The second-order valence-corrected chi connectivity index (χ2v) is 7.53. The summed E-state index contributed by atoms with van der Waals surface area (Å²) in [6, 6.07) is 14.3. The number of nitrogens with one attached hydrogen (secondary N) is 1. The zero-order chi connectivity index (χ0) is 18.9. The van der Waals surface area contributed by atoms with Gasteiger partial charge < -0.3 is 14.7 Å². The fraction of sp³-hybridized carbons (Fsp3) is 0.348. The summed E-state index contributed by atoms with van der Waals surface area (Å²) in [5.74, 6) is 6.65. The Kier molecular flexibility index (Phi) is 4.63. The normalized spacial score (nSPS) is 18.9. The first kappa shape index (κ1) is 17.6. The second-order valence-electron chi connectivity index (χ2n) is 7.53. The van der Waals surface area contributed by atoms with Crippen LogP contribution in [0.3, 0.4) is 0 Å². The van der Waals surface area contributed by atoms with Gasteiger partial charge in [0.05, 0.1) is 13.2 Å². The summed E-state index contributed by atoms with van der Waals surface area (Å²) in [6.45, 7) is 4.53. The number of ether oxygens (including phenoxy) is 1. The maximum atomic E-state index is 11.1. The maximum Gasteiger partial charge on any atom is 0.359 e. The Morgan fingerprint density at radius 1 is 1.15 bits per heavy atom. The molecule has 2 aromatic carbocycles. The molecule has 0 bridgehead atoms. The molecule has 1 aliphatic carbocycles. The summed E-state index contributed by atoms with van der Waals surface area (Å²) in [4.78, 5) is 12.2. The average molecular weight is 362 g/mol. The number of benzene rings is 2. The Hall–Kier alpha value is -2.77. The molecule has 1 fully saturated rings. The van der Waals surface area contributed by atoms with Crippen molar-refractivity contribution in [2.24, 2.45) is 0 Å². The molecule has 1 aliphatic heterocycles. The molecule has 1 saturated carbocycles. The molecule has 1 atom stereocenters. The zero-order valence-corrected chi connectivity index (χ0v) is 15.5. The molecule has 138 valence electrons. The Morgan fingerprint density at radius 2 is 1.85 bits per heavy atom. The van der Waals surface area contributed by atoms with Gasteiger partial charge in [-0.3, -0.25) is 0 Å². The van der Waals surface area contributed by atoms with Gasteiger partial charge in [0.2, 0.25) is 0 Å². The van der Waals surface area contributed by atoms with Crippen molar-refractivity contribution >= 4 is 5.97 Å². The third-order valence-corrected chi connectivity index (χ3v) is 5.48. The molecule has 0 amide bonds. The van der Waals surface area contributed by atoms with E-state index in [1.54, 1.807) is 0 Å². The van der Waals surface area contributed by atoms with E-state index in [-0.39, 0.29) is 12.0 Å². The van der Waals surface area contributed by atoms with Gasteiger partial charge in [-0.2, -0.15) is 0 Å². The van der Waals surface area contributed by atoms with Crippen molar-refractivity contribution in [3.05, 3.63) is 64.7 Å². The number of hydrogen-bond donors (Lipinski definition) is 2. The van der Waals surface area contributed by atoms with Gasteiger partial charge in [0, 0.05) is 22.1 Å². The van der Waals surface area contributed by atoms with E-state index in [0.29, 0.717) is 6.61 Å². The lowest BCUT2D eigenvalue weighted by Crippen LogP contribution is -3.13. The lowest BCUT2D eigenvalue weighted by Gasteiger charge is -2.31. The minimum atomic E-state index is -0.720. The van der Waals surface area contributed by atoms with Crippen LogP contribution in [-0.2, 0) is 16.8 Å². The third kappa shape index (κ3) is 3.84. The van der Waals surface area contributed by atoms with E-state index < -0.39 is 5.97 Å². The summed E-state index contributed by atoms with van der Waals surface area (Å²) in [5, 5.41) is 9.13. The van der Waals surface area contributed by atoms with E-state index in [4.69, 9.17) is 9.84 Å². The van der Waals surface area contributed by atoms with Gasteiger partial charge in [-0.05, 0) is 61.7 Å². The van der Waals surface area contributed by atoms with Crippen LogP contribution < -0.4 is 9.64 Å². The number of carbonyl (C=O) groups is 1. The van der Waals surface area contributed by atoms with Crippen molar-refractivity contribution in [1.29, 1.82) is 0 Å². The SMILES string of the molecule is CCOc1ccc(C#Cc2ccc3c(c2)C2(CC2)C[NH+](CC(=O)O)C3)cc1. The monoisotopic (exact) mass is 362 g/mol. The number of carboxylic acid groups (broad SMARTS) is 1. The fourth-order valence-corrected chi connectivity index (χ4v) is 4.09. The maximum absolute atomic E-state index is 11.1. The molecule has 1 unspecified atom stereocenters. The van der Waals surface area contributed by atoms with Crippen LogP contribution in [0.1, 0.15) is 42.0 Å². The summed E-state index contributed by atoms with van der Waals surface area (Å²) < 4.78 is 5.46. The second kappa shape index (κ2) is 7.09.